The number of amides is 2. The lowest BCUT2D eigenvalue weighted by atomic mass is 9.81. The first-order valence-electron chi connectivity index (χ1n) is 13.1. The molecule has 1 atom stereocenters. The van der Waals surface area contributed by atoms with E-state index >= 15 is 0 Å². The minimum atomic E-state index is -5.07. The number of nitrogens with zero attached hydrogens (tertiary/aromatic N) is 4. The molecule has 5 rings (SSSR count). The molecule has 0 radical (unpaired) electrons. The maximum absolute atomic E-state index is 13.6. The van der Waals surface area contributed by atoms with Crippen LogP contribution >= 0.6 is 0 Å². The Morgan fingerprint density at radius 1 is 1.22 bits per heavy atom. The topological polar surface area (TPSA) is 142 Å². The normalized spacial score (nSPS) is 19.6. The second-order valence-electron chi connectivity index (χ2n) is 10.2. The molecule has 4 heterocycles. The maximum atomic E-state index is 13.6. The Bertz CT molecular complexity index is 1520. The fraction of sp³-hybridized carbons (Fsp3) is 0.444. The van der Waals surface area contributed by atoms with Crippen molar-refractivity contribution in [2.45, 2.75) is 57.0 Å². The number of halogens is 3. The Hall–Kier alpha value is -4.20. The lowest BCUT2D eigenvalue weighted by Crippen LogP contribution is -2.49. The minimum absolute atomic E-state index is 0.0796. The van der Waals surface area contributed by atoms with Gasteiger partial charge in [0.05, 0.1) is 36.6 Å². The number of aromatic nitrogens is 3. The molecule has 1 unspecified atom stereocenters. The molecule has 2 amide bonds. The number of nitrogens with one attached hydrogen (secondary N) is 1. The third-order valence-corrected chi connectivity index (χ3v) is 7.60. The lowest BCUT2D eigenvalue weighted by molar-refractivity contribution is -0.189. The summed E-state index contributed by atoms with van der Waals surface area (Å²) in [5.41, 5.74) is 7.64. The Kier molecular flexibility index (Phi) is 7.84. The van der Waals surface area contributed by atoms with Crippen LogP contribution in [-0.4, -0.2) is 63.2 Å². The van der Waals surface area contributed by atoms with E-state index in [2.05, 4.69) is 15.3 Å². The molecular formula is C27H29F3N6O5. The summed E-state index contributed by atoms with van der Waals surface area (Å²) >= 11 is 0. The highest BCUT2D eigenvalue weighted by atomic mass is 19.4. The number of anilines is 1. The molecule has 2 aliphatic rings. The van der Waals surface area contributed by atoms with Crippen LogP contribution in [0, 0.1) is 5.92 Å². The summed E-state index contributed by atoms with van der Waals surface area (Å²) in [6.07, 6.45) is -1.99. The van der Waals surface area contributed by atoms with Gasteiger partial charge >= 0.3 is 12.1 Å². The van der Waals surface area contributed by atoms with Crippen LogP contribution < -0.4 is 26.1 Å². The number of pyridine rings is 3. The van der Waals surface area contributed by atoms with Crippen molar-refractivity contribution < 1.29 is 32.2 Å². The predicted molar refractivity (Wildman–Crippen MR) is 141 cm³/mol. The van der Waals surface area contributed by atoms with Crippen LogP contribution in [0.25, 0.3) is 11.0 Å². The Labute approximate surface area is 232 Å². The van der Waals surface area contributed by atoms with Crippen molar-refractivity contribution >= 4 is 28.7 Å². The van der Waals surface area contributed by atoms with Crippen molar-refractivity contribution in [1.82, 2.24) is 19.4 Å². The molecule has 41 heavy (non-hydrogen) atoms. The highest BCUT2D eigenvalue weighted by Gasteiger charge is 2.45. The number of rotatable bonds is 7. The fourth-order valence-electron chi connectivity index (χ4n) is 5.45. The summed E-state index contributed by atoms with van der Waals surface area (Å²) in [5, 5.41) is 2.52. The van der Waals surface area contributed by atoms with Crippen molar-refractivity contribution in [3.05, 3.63) is 52.6 Å². The molecule has 218 valence electrons. The molecule has 11 nitrogen and oxygen atoms in total. The quantitative estimate of drug-likeness (QED) is 0.439. The number of nitrogens with two attached hydrogens (primary N) is 1. The van der Waals surface area contributed by atoms with Gasteiger partial charge in [0.15, 0.2) is 18.2 Å². The van der Waals surface area contributed by atoms with E-state index in [1.807, 2.05) is 0 Å². The number of hydrogen-bond acceptors (Lipinski definition) is 8. The molecule has 3 aromatic rings. The van der Waals surface area contributed by atoms with Crippen LogP contribution in [0.5, 0.6) is 11.5 Å². The van der Waals surface area contributed by atoms with E-state index in [0.717, 1.165) is 4.90 Å². The number of carbonyl (C=O) groups excluding carboxylic acids is 2. The summed E-state index contributed by atoms with van der Waals surface area (Å²) in [5.74, 6) is -1.57. The fourth-order valence-corrected chi connectivity index (χ4v) is 5.45. The molecule has 3 N–H and O–H groups in total. The van der Waals surface area contributed by atoms with E-state index < -0.39 is 30.1 Å². The van der Waals surface area contributed by atoms with Crippen LogP contribution in [0.1, 0.15) is 31.4 Å². The minimum Gasteiger partial charge on any atom is -0.495 e. The highest BCUT2D eigenvalue weighted by molar-refractivity contribution is 5.94. The zero-order chi connectivity index (χ0) is 29.3. The van der Waals surface area contributed by atoms with Gasteiger partial charge < -0.3 is 30.0 Å². The van der Waals surface area contributed by atoms with E-state index in [1.165, 1.54) is 29.9 Å². The molecule has 0 aromatic carbocycles. The second-order valence-corrected chi connectivity index (χ2v) is 10.2. The van der Waals surface area contributed by atoms with Crippen LogP contribution in [0.4, 0.5) is 19.0 Å². The van der Waals surface area contributed by atoms with E-state index in [1.54, 1.807) is 18.3 Å². The average molecular weight is 575 g/mol. The third kappa shape index (κ3) is 6.11. The Balaban J connectivity index is 1.30. The number of alkyl halides is 3. The van der Waals surface area contributed by atoms with E-state index in [9.17, 15) is 27.6 Å². The average Bonchev–Trinajstić information content (AvgIpc) is 2.96. The molecule has 14 heteroatoms. The van der Waals surface area contributed by atoms with Gasteiger partial charge in [0, 0.05) is 30.8 Å². The highest BCUT2D eigenvalue weighted by Crippen LogP contribution is 2.34. The number of hydrogen-bond donors (Lipinski definition) is 2. The van der Waals surface area contributed by atoms with Crippen molar-refractivity contribution in [2.75, 3.05) is 19.0 Å². The van der Waals surface area contributed by atoms with E-state index in [-0.39, 0.29) is 42.7 Å². The summed E-state index contributed by atoms with van der Waals surface area (Å²) < 4.78 is 52.8. The zero-order valence-corrected chi connectivity index (χ0v) is 22.2. The Morgan fingerprint density at radius 3 is 2.68 bits per heavy atom. The maximum Gasteiger partial charge on any atom is 0.471 e. The van der Waals surface area contributed by atoms with E-state index in [0.29, 0.717) is 48.2 Å². The standard InChI is InChI=1S/C27H29F3N6O5/c1-40-18-10-21-20(32-11-18)7-9-24(38)36(21)13-19(31)15-2-5-17(6-3-15)35(26(39)27(28,29)30)12-16-4-8-22-25(33-16)34-23(37)14-41-22/h4,7-11,15,17,19H,2-3,5-6,12-14,31H2,1H3,(H,33,34,37). The number of carbonyl (C=O) groups is 2. The Morgan fingerprint density at radius 2 is 1.98 bits per heavy atom. The number of ether oxygens (including phenoxy) is 2. The first-order valence-corrected chi connectivity index (χ1v) is 13.1. The van der Waals surface area contributed by atoms with Gasteiger partial charge in [-0.2, -0.15) is 13.2 Å². The van der Waals surface area contributed by atoms with Gasteiger partial charge in [0.25, 0.3) is 11.5 Å². The van der Waals surface area contributed by atoms with Gasteiger partial charge in [-0.15, -0.1) is 0 Å². The molecule has 0 saturated heterocycles. The SMILES string of the molecule is COc1cnc2ccc(=O)n(CC(N)C3CCC(N(Cc4ccc5c(n4)NC(=O)CO5)C(=O)C(F)(F)F)CC3)c2c1. The van der Waals surface area contributed by atoms with Gasteiger partial charge in [-0.25, -0.2) is 4.98 Å². The van der Waals surface area contributed by atoms with Gasteiger partial charge in [-0.1, -0.05) is 0 Å². The van der Waals surface area contributed by atoms with Crippen LogP contribution in [-0.2, 0) is 22.7 Å². The van der Waals surface area contributed by atoms with Crippen LogP contribution in [0.3, 0.4) is 0 Å². The molecule has 0 bridgehead atoms. The van der Waals surface area contributed by atoms with Crippen molar-refractivity contribution in [3.63, 3.8) is 0 Å². The summed E-state index contributed by atoms with van der Waals surface area (Å²) in [6.45, 7) is -0.375. The largest absolute Gasteiger partial charge is 0.495 e. The van der Waals surface area contributed by atoms with Crippen molar-refractivity contribution in [1.29, 1.82) is 0 Å². The molecule has 1 fully saturated rings. The summed E-state index contributed by atoms with van der Waals surface area (Å²) in [6, 6.07) is 6.57. The molecule has 3 aromatic heterocycles. The lowest BCUT2D eigenvalue weighted by Gasteiger charge is -2.38. The van der Waals surface area contributed by atoms with Crippen molar-refractivity contribution in [2.24, 2.45) is 11.7 Å². The zero-order valence-electron chi connectivity index (χ0n) is 22.2. The van der Waals surface area contributed by atoms with Gasteiger partial charge in [-0.05, 0) is 49.8 Å². The van der Waals surface area contributed by atoms with Gasteiger partial charge in [0.1, 0.15) is 5.75 Å². The third-order valence-electron chi connectivity index (χ3n) is 7.60. The summed E-state index contributed by atoms with van der Waals surface area (Å²) in [7, 11) is 1.50. The second kappa shape index (κ2) is 11.4. The number of methoxy groups -OCH3 is 1. The predicted octanol–water partition coefficient (Wildman–Crippen LogP) is 2.61. The first kappa shape index (κ1) is 28.3. The smallest absolute Gasteiger partial charge is 0.471 e. The van der Waals surface area contributed by atoms with Crippen LogP contribution in [0.2, 0.25) is 0 Å². The van der Waals surface area contributed by atoms with Crippen LogP contribution in [0.15, 0.2) is 41.3 Å². The molecule has 1 saturated carbocycles. The number of fused-ring (bicyclic) bond motifs is 2. The summed E-state index contributed by atoms with van der Waals surface area (Å²) in [4.78, 5) is 46.1. The molecule has 1 aliphatic carbocycles. The molecule has 1 aliphatic heterocycles. The first-order chi connectivity index (χ1) is 19.5. The molecule has 0 spiro atoms. The van der Waals surface area contributed by atoms with Gasteiger partial charge in [0.2, 0.25) is 0 Å². The van der Waals surface area contributed by atoms with Gasteiger partial charge in [-0.3, -0.25) is 19.4 Å². The monoisotopic (exact) mass is 574 g/mol. The van der Waals surface area contributed by atoms with E-state index in [4.69, 9.17) is 15.2 Å². The molecular weight excluding hydrogens is 545 g/mol. The van der Waals surface area contributed by atoms with Crippen molar-refractivity contribution in [3.8, 4) is 11.5 Å².